The molecule has 3 rings (SSSR count). The van der Waals surface area contributed by atoms with Gasteiger partial charge in [0.15, 0.2) is 17.3 Å². The zero-order valence-electron chi connectivity index (χ0n) is 19.9. The Hall–Kier alpha value is -2.26. The summed E-state index contributed by atoms with van der Waals surface area (Å²) >= 11 is -1.85. The first-order valence-corrected chi connectivity index (χ1v) is 18.1. The van der Waals surface area contributed by atoms with E-state index in [1.54, 1.807) is 18.2 Å². The van der Waals surface area contributed by atoms with Gasteiger partial charge in [0.05, 0.1) is 27.8 Å². The number of fused-ring (bicyclic) bond motifs is 1. The summed E-state index contributed by atoms with van der Waals surface area (Å²) in [5.41, 5.74) is 2.19. The van der Waals surface area contributed by atoms with Gasteiger partial charge in [-0.25, -0.2) is 0 Å². The molecule has 0 aliphatic carbocycles. The Morgan fingerprint density at radius 2 is 1.58 bits per heavy atom. The number of carbonyl (C=O) groups excluding carboxylic acids is 1. The van der Waals surface area contributed by atoms with Crippen molar-refractivity contribution < 1.29 is 43.1 Å². The van der Waals surface area contributed by atoms with Crippen molar-refractivity contribution in [1.82, 2.24) is 16.9 Å². The minimum atomic E-state index is -1.85. The van der Waals surface area contributed by atoms with Crippen molar-refractivity contribution in [2.45, 2.75) is 13.0 Å². The molecule has 1 aromatic heterocycles. The van der Waals surface area contributed by atoms with Gasteiger partial charge in [-0.05, 0) is 35.9 Å². The molecule has 0 unspecified atom stereocenters. The van der Waals surface area contributed by atoms with Gasteiger partial charge in [0, 0.05) is 29.2 Å². The van der Waals surface area contributed by atoms with Crippen LogP contribution in [-0.2, 0) is 25.5 Å². The summed E-state index contributed by atoms with van der Waals surface area (Å²) in [5, 5.41) is 9.85. The van der Waals surface area contributed by atoms with Crippen LogP contribution in [0.1, 0.15) is 22.3 Å². The van der Waals surface area contributed by atoms with E-state index in [2.05, 4.69) is 0 Å². The predicted octanol–water partition coefficient (Wildman–Crippen LogP) is 6.43. The number of rotatable bonds is 9. The molecule has 7 N–H and O–H groups in total. The molecule has 0 aliphatic rings. The topological polar surface area (TPSA) is 157 Å². The van der Waals surface area contributed by atoms with Crippen molar-refractivity contribution >= 4 is 57.0 Å². The summed E-state index contributed by atoms with van der Waals surface area (Å²) in [5.74, 6) is 0.186. The molecule has 0 saturated carbocycles. The Kier molecular flexibility index (Phi) is 15.4. The van der Waals surface area contributed by atoms with E-state index >= 15 is 0 Å². The Bertz CT molecular complexity index is 1160. The number of aryl methyl sites for hydroxylation is 1. The summed E-state index contributed by atoms with van der Waals surface area (Å²) < 4.78 is 17.8. The molecule has 0 fully saturated rings. The number of ether oxygens (including phenoxy) is 3. The molecule has 0 saturated heterocycles. The van der Waals surface area contributed by atoms with E-state index in [0.29, 0.717) is 29.4 Å². The molecular weight excluding hydrogens is 716 g/mol. The van der Waals surface area contributed by atoms with E-state index < -0.39 is 20.2 Å². The van der Waals surface area contributed by atoms with Crippen LogP contribution in [0, 0.1) is 0 Å². The molecule has 0 amide bonds. The van der Waals surface area contributed by atoms with Gasteiger partial charge in [-0.2, -0.15) is 0 Å². The van der Waals surface area contributed by atoms with Gasteiger partial charge >= 0.3 is 48.4 Å². The zero-order valence-corrected chi connectivity index (χ0v) is 24.5. The van der Waals surface area contributed by atoms with Crippen LogP contribution in [0.4, 0.5) is 0 Å². The second kappa shape index (κ2) is 16.5. The number of methoxy groups -OCH3 is 3. The molecule has 2 aromatic carbocycles. The predicted molar refractivity (Wildman–Crippen MR) is 141 cm³/mol. The van der Waals surface area contributed by atoms with Crippen molar-refractivity contribution in [3.63, 3.8) is 0 Å². The van der Waals surface area contributed by atoms with E-state index in [1.807, 2.05) is 35.0 Å². The van der Waals surface area contributed by atoms with E-state index in [4.69, 9.17) is 47.6 Å². The van der Waals surface area contributed by atoms with Crippen LogP contribution in [0.3, 0.4) is 0 Å². The molecule has 203 valence electrons. The normalized spacial score (nSPS) is 10.4. The molecule has 36 heavy (non-hydrogen) atoms. The first-order chi connectivity index (χ1) is 16.2. The average molecular weight is 745 g/mol. The third kappa shape index (κ3) is 9.32. The molecule has 1 heterocycles. The number of halogens is 3. The van der Waals surface area contributed by atoms with Gasteiger partial charge in [-0.15, -0.1) is 0 Å². The number of hydrogen-bond acceptors (Lipinski definition) is 7. The Labute approximate surface area is 227 Å². The third-order valence-corrected chi connectivity index (χ3v) is 4.78. The van der Waals surface area contributed by atoms with Crippen LogP contribution in [0.5, 0.6) is 17.2 Å². The molecule has 13 heteroatoms. The molecule has 0 bridgehead atoms. The second-order valence-electron chi connectivity index (χ2n) is 6.68. The Balaban J connectivity index is 0.00000190. The number of allylic oxidation sites excluding steroid dienone is 1. The van der Waals surface area contributed by atoms with Crippen LogP contribution in [0.25, 0.3) is 17.0 Å². The molecule has 0 aliphatic heterocycles. The quantitative estimate of drug-likeness (QED) is 0.167. The maximum absolute atomic E-state index is 12.8. The molecule has 0 atom stereocenters. The first-order valence-electron chi connectivity index (χ1n) is 9.66. The van der Waals surface area contributed by atoms with Gasteiger partial charge in [0.2, 0.25) is 5.75 Å². The Morgan fingerprint density at radius 3 is 2.08 bits per heavy atom. The minimum absolute atomic E-state index is 0. The number of carboxylic acid groups (broad SMARTS) is 1. The van der Waals surface area contributed by atoms with Crippen LogP contribution in [-0.4, -0.2) is 42.8 Å². The monoisotopic (exact) mass is 743 g/mol. The molecule has 0 spiro atoms. The summed E-state index contributed by atoms with van der Waals surface area (Å²) in [7, 11) is 19.4. The van der Waals surface area contributed by atoms with Crippen LogP contribution in [0.15, 0.2) is 48.7 Å². The fourth-order valence-electron chi connectivity index (χ4n) is 3.29. The van der Waals surface area contributed by atoms with Crippen LogP contribution in [0.2, 0.25) is 0 Å². The standard InChI is InChI=1S/C23H23NO6.3ClH.2H3N.Pt/c1-28-20-13-16(14-21(29-2)23(20)30-3)19(25)8-7-15-5-4-6-18-17(15)9-11-24(18)12-10-22(26)27;;;;;;/h4-9,11,13-14H,10,12H2,1-3H3,(H,26,27);3*1H;2*1H3;/q;;;;;;+3/p-3/b8-7+;;;;;;. The van der Waals surface area contributed by atoms with Crippen molar-refractivity contribution in [3.05, 3.63) is 59.8 Å². The summed E-state index contributed by atoms with van der Waals surface area (Å²) in [6, 6.07) is 10.8. The number of ketones is 1. The fourth-order valence-corrected chi connectivity index (χ4v) is 3.29. The maximum atomic E-state index is 12.8. The Morgan fingerprint density at radius 1 is 1.00 bits per heavy atom. The van der Waals surface area contributed by atoms with Crippen molar-refractivity contribution in [3.8, 4) is 17.2 Å². The van der Waals surface area contributed by atoms with E-state index in [-0.39, 0.29) is 24.5 Å². The molecular formula is C23H29Cl3N3O6Pt. The van der Waals surface area contributed by atoms with Crippen molar-refractivity contribution in [2.75, 3.05) is 21.3 Å². The molecule has 0 radical (unpaired) electrons. The fraction of sp³-hybridized carbons (Fsp3) is 0.217. The SMILES string of the molecule is COc1cc(C(=O)/C=C/c2cccc3c2ccn3CCC(=O)O)cc(OC)c1OC.N.N.[Cl][Pt]([Cl])[Cl]. The van der Waals surface area contributed by atoms with E-state index in [1.165, 1.54) is 27.4 Å². The number of aliphatic carboxylic acids is 1. The molecule has 3 aromatic rings. The number of benzene rings is 2. The van der Waals surface area contributed by atoms with Crippen LogP contribution >= 0.6 is 28.3 Å². The number of carbonyl (C=O) groups is 2. The third-order valence-electron chi connectivity index (χ3n) is 4.78. The zero-order chi connectivity index (χ0) is 25.3. The van der Waals surface area contributed by atoms with Gasteiger partial charge in [-0.1, -0.05) is 18.2 Å². The number of aromatic nitrogens is 1. The number of carboxylic acids is 1. The first kappa shape index (κ1) is 33.7. The number of nitrogens with zero attached hydrogens (tertiary/aromatic N) is 1. The van der Waals surface area contributed by atoms with E-state index in [0.717, 1.165) is 16.5 Å². The van der Waals surface area contributed by atoms with Gasteiger partial charge in [-0.3, -0.25) is 9.59 Å². The van der Waals surface area contributed by atoms with Crippen molar-refractivity contribution in [2.24, 2.45) is 0 Å². The van der Waals surface area contributed by atoms with Crippen LogP contribution < -0.4 is 26.5 Å². The number of hydrogen-bond donors (Lipinski definition) is 3. The average Bonchev–Trinajstić information content (AvgIpc) is 3.23. The second-order valence-corrected chi connectivity index (χ2v) is 16.5. The van der Waals surface area contributed by atoms with Gasteiger partial charge < -0.3 is 36.2 Å². The van der Waals surface area contributed by atoms with Crippen molar-refractivity contribution in [1.29, 1.82) is 0 Å². The summed E-state index contributed by atoms with van der Waals surface area (Å²) in [4.78, 5) is 23.6. The molecule has 9 nitrogen and oxygen atoms in total. The van der Waals surface area contributed by atoms with Gasteiger partial charge in [0.25, 0.3) is 0 Å². The summed E-state index contributed by atoms with van der Waals surface area (Å²) in [6.45, 7) is 0.385. The summed E-state index contributed by atoms with van der Waals surface area (Å²) in [6.07, 6.45) is 5.13. The van der Waals surface area contributed by atoms with E-state index in [9.17, 15) is 9.59 Å². The van der Waals surface area contributed by atoms with Gasteiger partial charge in [0.1, 0.15) is 0 Å².